The zero-order chi connectivity index (χ0) is 15.4. The van der Waals surface area contributed by atoms with Crippen LogP contribution in [0.4, 0.5) is 11.6 Å². The van der Waals surface area contributed by atoms with Crippen LogP contribution in [0.2, 0.25) is 0 Å². The molecule has 114 valence electrons. The monoisotopic (exact) mass is 298 g/mol. The van der Waals surface area contributed by atoms with Crippen molar-refractivity contribution in [3.63, 3.8) is 0 Å². The Morgan fingerprint density at radius 1 is 1.18 bits per heavy atom. The fraction of sp³-hybridized carbons (Fsp3) is 0.312. The molecule has 6 heteroatoms. The van der Waals surface area contributed by atoms with E-state index in [-0.39, 0.29) is 5.69 Å². The number of piperidine rings is 1. The summed E-state index contributed by atoms with van der Waals surface area (Å²) in [7, 11) is 0. The quantitative estimate of drug-likeness (QED) is 0.901. The van der Waals surface area contributed by atoms with E-state index in [9.17, 15) is 4.79 Å². The van der Waals surface area contributed by atoms with Crippen LogP contribution < -0.4 is 10.2 Å². The van der Waals surface area contributed by atoms with E-state index in [0.717, 1.165) is 31.7 Å². The van der Waals surface area contributed by atoms with Gasteiger partial charge in [-0.1, -0.05) is 12.1 Å². The number of anilines is 2. The standard InChI is InChI=1S/C16H18N4O2/c21-16(22)13-4-3-5-14(19-13)18-12-7-10-20(11-8-12)15-6-1-2-9-17-15/h1-6,9,12H,7-8,10-11H2,(H,18,19)(H,21,22). The maximum absolute atomic E-state index is 10.9. The Balaban J connectivity index is 1.58. The lowest BCUT2D eigenvalue weighted by Gasteiger charge is -2.33. The molecule has 0 aromatic carbocycles. The van der Waals surface area contributed by atoms with E-state index in [1.165, 1.54) is 6.07 Å². The summed E-state index contributed by atoms with van der Waals surface area (Å²) in [5.74, 6) is 0.622. The Morgan fingerprint density at radius 3 is 2.68 bits per heavy atom. The van der Waals surface area contributed by atoms with Crippen LogP contribution in [0.3, 0.4) is 0 Å². The third-order valence-corrected chi connectivity index (χ3v) is 3.79. The van der Waals surface area contributed by atoms with Crippen molar-refractivity contribution in [2.75, 3.05) is 23.3 Å². The molecule has 0 spiro atoms. The third-order valence-electron chi connectivity index (χ3n) is 3.79. The number of carboxylic acids is 1. The van der Waals surface area contributed by atoms with Gasteiger partial charge in [0.05, 0.1) is 0 Å². The first-order valence-corrected chi connectivity index (χ1v) is 7.35. The zero-order valence-electron chi connectivity index (χ0n) is 12.1. The van der Waals surface area contributed by atoms with Crippen LogP contribution in [0.1, 0.15) is 23.3 Å². The highest BCUT2D eigenvalue weighted by Gasteiger charge is 2.20. The minimum Gasteiger partial charge on any atom is -0.477 e. The molecule has 0 atom stereocenters. The predicted octanol–water partition coefficient (Wildman–Crippen LogP) is 2.26. The van der Waals surface area contributed by atoms with Gasteiger partial charge < -0.3 is 15.3 Å². The summed E-state index contributed by atoms with van der Waals surface area (Å²) in [6.45, 7) is 1.85. The van der Waals surface area contributed by atoms with Gasteiger partial charge in [-0.2, -0.15) is 0 Å². The highest BCUT2D eigenvalue weighted by molar-refractivity contribution is 5.85. The van der Waals surface area contributed by atoms with Gasteiger partial charge in [0.2, 0.25) is 0 Å². The Bertz CT molecular complexity index is 640. The third kappa shape index (κ3) is 3.33. The van der Waals surface area contributed by atoms with Crippen molar-refractivity contribution in [3.8, 4) is 0 Å². The molecule has 0 aliphatic carbocycles. The summed E-state index contributed by atoms with van der Waals surface area (Å²) in [6.07, 6.45) is 3.74. The van der Waals surface area contributed by atoms with Crippen molar-refractivity contribution in [3.05, 3.63) is 48.3 Å². The van der Waals surface area contributed by atoms with Crippen LogP contribution in [-0.4, -0.2) is 40.2 Å². The maximum atomic E-state index is 10.9. The second-order valence-corrected chi connectivity index (χ2v) is 5.31. The van der Waals surface area contributed by atoms with Gasteiger partial charge in [-0.3, -0.25) is 0 Å². The molecule has 3 heterocycles. The number of hydrogen-bond acceptors (Lipinski definition) is 5. The van der Waals surface area contributed by atoms with Crippen molar-refractivity contribution in [2.45, 2.75) is 18.9 Å². The minimum atomic E-state index is -1.01. The van der Waals surface area contributed by atoms with E-state index in [1.54, 1.807) is 18.3 Å². The number of pyridine rings is 2. The molecule has 2 aromatic rings. The lowest BCUT2D eigenvalue weighted by molar-refractivity contribution is 0.0690. The summed E-state index contributed by atoms with van der Waals surface area (Å²) in [5.41, 5.74) is 0.0657. The lowest BCUT2D eigenvalue weighted by Crippen LogP contribution is -2.39. The van der Waals surface area contributed by atoms with Crippen molar-refractivity contribution < 1.29 is 9.90 Å². The number of hydrogen-bond donors (Lipinski definition) is 2. The van der Waals surface area contributed by atoms with Crippen LogP contribution in [0, 0.1) is 0 Å². The Kier molecular flexibility index (Phi) is 4.18. The first-order valence-electron chi connectivity index (χ1n) is 7.35. The van der Waals surface area contributed by atoms with E-state index >= 15 is 0 Å². The molecular formula is C16H18N4O2. The molecule has 3 rings (SSSR count). The van der Waals surface area contributed by atoms with Crippen LogP contribution >= 0.6 is 0 Å². The molecule has 1 saturated heterocycles. The molecule has 1 aliphatic heterocycles. The summed E-state index contributed by atoms with van der Waals surface area (Å²) in [5, 5.41) is 12.3. The lowest BCUT2D eigenvalue weighted by atomic mass is 10.0. The first-order chi connectivity index (χ1) is 10.7. The summed E-state index contributed by atoms with van der Waals surface area (Å²) in [6, 6.07) is 11.2. The summed E-state index contributed by atoms with van der Waals surface area (Å²) in [4.78, 5) is 21.7. The summed E-state index contributed by atoms with van der Waals surface area (Å²) >= 11 is 0. The average molecular weight is 298 g/mol. The van der Waals surface area contributed by atoms with Crippen molar-refractivity contribution in [1.29, 1.82) is 0 Å². The number of nitrogens with one attached hydrogen (secondary N) is 1. The molecule has 0 saturated carbocycles. The Hall–Kier alpha value is -2.63. The minimum absolute atomic E-state index is 0.0657. The SMILES string of the molecule is O=C(O)c1cccc(NC2CCN(c3ccccn3)CC2)n1. The van der Waals surface area contributed by atoms with E-state index in [2.05, 4.69) is 20.2 Å². The largest absolute Gasteiger partial charge is 0.477 e. The molecule has 2 aromatic heterocycles. The average Bonchev–Trinajstić information content (AvgIpc) is 2.56. The number of nitrogens with zero attached hydrogens (tertiary/aromatic N) is 3. The van der Waals surface area contributed by atoms with Crippen LogP contribution in [0.5, 0.6) is 0 Å². The molecule has 0 unspecified atom stereocenters. The van der Waals surface area contributed by atoms with E-state index in [4.69, 9.17) is 5.11 Å². The molecule has 1 fully saturated rings. The number of aromatic nitrogens is 2. The van der Waals surface area contributed by atoms with Crippen molar-refractivity contribution >= 4 is 17.6 Å². The highest BCUT2D eigenvalue weighted by atomic mass is 16.4. The molecule has 1 aliphatic rings. The van der Waals surface area contributed by atoms with Crippen molar-refractivity contribution in [1.82, 2.24) is 9.97 Å². The molecule has 0 bridgehead atoms. The molecule has 2 N–H and O–H groups in total. The van der Waals surface area contributed by atoms with Gasteiger partial charge in [-0.05, 0) is 37.1 Å². The van der Waals surface area contributed by atoms with Crippen LogP contribution in [0.15, 0.2) is 42.6 Å². The second kappa shape index (κ2) is 6.43. The topological polar surface area (TPSA) is 78.4 Å². The number of carboxylic acid groups (broad SMARTS) is 1. The maximum Gasteiger partial charge on any atom is 0.354 e. The van der Waals surface area contributed by atoms with E-state index < -0.39 is 5.97 Å². The van der Waals surface area contributed by atoms with Gasteiger partial charge in [0, 0.05) is 25.3 Å². The zero-order valence-corrected chi connectivity index (χ0v) is 12.1. The van der Waals surface area contributed by atoms with E-state index in [1.807, 2.05) is 18.2 Å². The van der Waals surface area contributed by atoms with Gasteiger partial charge in [-0.25, -0.2) is 14.8 Å². The predicted molar refractivity (Wildman–Crippen MR) is 84.3 cm³/mol. The fourth-order valence-electron chi connectivity index (χ4n) is 2.64. The first kappa shape index (κ1) is 14.3. The highest BCUT2D eigenvalue weighted by Crippen LogP contribution is 2.19. The molecule has 0 amide bonds. The van der Waals surface area contributed by atoms with E-state index in [0.29, 0.717) is 11.9 Å². The van der Waals surface area contributed by atoms with Crippen LogP contribution in [0.25, 0.3) is 0 Å². The van der Waals surface area contributed by atoms with Gasteiger partial charge in [0.15, 0.2) is 5.69 Å². The molecule has 0 radical (unpaired) electrons. The summed E-state index contributed by atoms with van der Waals surface area (Å²) < 4.78 is 0. The fourth-order valence-corrected chi connectivity index (χ4v) is 2.64. The van der Waals surface area contributed by atoms with Gasteiger partial charge in [0.1, 0.15) is 11.6 Å². The number of carbonyl (C=O) groups is 1. The normalized spacial score (nSPS) is 15.5. The smallest absolute Gasteiger partial charge is 0.354 e. The second-order valence-electron chi connectivity index (χ2n) is 5.31. The van der Waals surface area contributed by atoms with Gasteiger partial charge in [-0.15, -0.1) is 0 Å². The van der Waals surface area contributed by atoms with Crippen LogP contribution in [-0.2, 0) is 0 Å². The Labute approximate surface area is 128 Å². The van der Waals surface area contributed by atoms with Crippen molar-refractivity contribution in [2.24, 2.45) is 0 Å². The molecular weight excluding hydrogens is 280 g/mol. The number of aromatic carboxylic acids is 1. The van der Waals surface area contributed by atoms with Gasteiger partial charge >= 0.3 is 5.97 Å². The van der Waals surface area contributed by atoms with Gasteiger partial charge in [0.25, 0.3) is 0 Å². The Morgan fingerprint density at radius 2 is 2.00 bits per heavy atom. The molecule has 6 nitrogen and oxygen atoms in total. The number of rotatable bonds is 4. The molecule has 22 heavy (non-hydrogen) atoms.